The Labute approximate surface area is 169 Å². The third-order valence-corrected chi connectivity index (χ3v) is 5.44. The van der Waals surface area contributed by atoms with Crippen LogP contribution in [-0.4, -0.2) is 25.9 Å². The van der Waals surface area contributed by atoms with E-state index in [-0.39, 0.29) is 0 Å². The Morgan fingerprint density at radius 3 is 2.79 bits per heavy atom. The van der Waals surface area contributed by atoms with Gasteiger partial charge in [-0.3, -0.25) is 4.98 Å². The average molecular weight is 394 g/mol. The molecule has 0 fully saturated rings. The fraction of sp³-hybridized carbons (Fsp3) is 0.333. The molecule has 144 valence electrons. The van der Waals surface area contributed by atoms with Gasteiger partial charge in [-0.25, -0.2) is 0 Å². The van der Waals surface area contributed by atoms with Crippen molar-refractivity contribution in [3.63, 3.8) is 0 Å². The van der Waals surface area contributed by atoms with Crippen LogP contribution in [0.4, 0.5) is 5.69 Å². The molecule has 0 bridgehead atoms. The second kappa shape index (κ2) is 9.01. The maximum Gasteiger partial charge on any atom is 0.247 e. The van der Waals surface area contributed by atoms with Gasteiger partial charge in [-0.15, -0.1) is 10.2 Å². The van der Waals surface area contributed by atoms with Crippen LogP contribution in [0.15, 0.2) is 53.8 Å². The van der Waals surface area contributed by atoms with Crippen LogP contribution in [0.25, 0.3) is 11.3 Å². The number of anilines is 1. The summed E-state index contributed by atoms with van der Waals surface area (Å²) in [7, 11) is 0. The van der Waals surface area contributed by atoms with Crippen LogP contribution >= 0.6 is 11.8 Å². The summed E-state index contributed by atoms with van der Waals surface area (Å²) in [5.41, 5.74) is 3.29. The van der Waals surface area contributed by atoms with Crippen LogP contribution in [0.2, 0.25) is 0 Å². The van der Waals surface area contributed by atoms with Crippen molar-refractivity contribution in [2.75, 3.05) is 11.1 Å². The second-order valence-electron chi connectivity index (χ2n) is 6.60. The molecule has 0 amide bonds. The Hall–Kier alpha value is -2.67. The molecule has 1 aromatic carbocycles. The monoisotopic (exact) mass is 393 g/mol. The van der Waals surface area contributed by atoms with Gasteiger partial charge < -0.3 is 10.1 Å². The van der Waals surface area contributed by atoms with Crippen molar-refractivity contribution in [3.05, 3.63) is 54.4 Å². The standard InChI is InChI=1S/C21H23N5OS/c1-2-3-4-9-14-28-21-24-20-18(25-26-21)15-10-5-6-11-16(15)23-19(27-20)17-12-7-8-13-22-17/h5-8,10-13,19,23H,2-4,9,14H2,1H3/t19-/m1/s1. The zero-order chi connectivity index (χ0) is 19.2. The van der Waals surface area contributed by atoms with Gasteiger partial charge in [0.05, 0.1) is 0 Å². The predicted octanol–water partition coefficient (Wildman–Crippen LogP) is 5.11. The fourth-order valence-corrected chi connectivity index (χ4v) is 3.84. The number of fused-ring (bicyclic) bond motifs is 3. The molecule has 1 aliphatic rings. The SMILES string of the molecule is CCCCCCSc1nnc2c(n1)O[C@H](c1ccccn1)Nc1ccccc1-2. The molecule has 3 aromatic rings. The van der Waals surface area contributed by atoms with Crippen molar-refractivity contribution in [3.8, 4) is 17.1 Å². The molecule has 0 spiro atoms. The number of rotatable bonds is 7. The molecule has 4 rings (SSSR count). The summed E-state index contributed by atoms with van der Waals surface area (Å²) in [4.78, 5) is 9.10. The fourth-order valence-electron chi connectivity index (χ4n) is 3.07. The Bertz CT molecular complexity index is 922. The zero-order valence-electron chi connectivity index (χ0n) is 15.8. The lowest BCUT2D eigenvalue weighted by molar-refractivity contribution is 0.220. The van der Waals surface area contributed by atoms with E-state index < -0.39 is 6.23 Å². The Morgan fingerprint density at radius 1 is 1.04 bits per heavy atom. The highest BCUT2D eigenvalue weighted by Gasteiger charge is 2.26. The molecule has 6 nitrogen and oxygen atoms in total. The smallest absolute Gasteiger partial charge is 0.247 e. The van der Waals surface area contributed by atoms with Gasteiger partial charge in [0.1, 0.15) is 5.69 Å². The highest BCUT2D eigenvalue weighted by atomic mass is 32.2. The number of ether oxygens (including phenoxy) is 1. The average Bonchev–Trinajstić information content (AvgIpc) is 2.91. The van der Waals surface area contributed by atoms with Gasteiger partial charge in [-0.2, -0.15) is 4.98 Å². The van der Waals surface area contributed by atoms with Crippen molar-refractivity contribution >= 4 is 17.4 Å². The van der Waals surface area contributed by atoms with Crippen LogP contribution in [0.5, 0.6) is 5.88 Å². The summed E-state index contributed by atoms with van der Waals surface area (Å²) in [5.74, 6) is 1.47. The van der Waals surface area contributed by atoms with Crippen molar-refractivity contribution in [2.45, 2.75) is 44.0 Å². The largest absolute Gasteiger partial charge is 0.446 e. The topological polar surface area (TPSA) is 72.8 Å². The number of thioether (sulfide) groups is 1. The first-order valence-corrected chi connectivity index (χ1v) is 10.6. The number of para-hydroxylation sites is 1. The zero-order valence-corrected chi connectivity index (χ0v) is 16.7. The Balaban J connectivity index is 1.62. The number of nitrogens with one attached hydrogen (secondary N) is 1. The van der Waals surface area contributed by atoms with Gasteiger partial charge in [0.15, 0.2) is 5.69 Å². The highest BCUT2D eigenvalue weighted by Crippen LogP contribution is 2.39. The lowest BCUT2D eigenvalue weighted by Gasteiger charge is -2.18. The van der Waals surface area contributed by atoms with E-state index in [0.717, 1.165) is 29.1 Å². The van der Waals surface area contributed by atoms with E-state index >= 15 is 0 Å². The van der Waals surface area contributed by atoms with Gasteiger partial charge >= 0.3 is 0 Å². The minimum absolute atomic E-state index is 0.442. The first-order valence-electron chi connectivity index (χ1n) is 9.66. The van der Waals surface area contributed by atoms with E-state index in [1.165, 1.54) is 19.3 Å². The normalized spacial score (nSPS) is 15.0. The first kappa shape index (κ1) is 18.7. The predicted molar refractivity (Wildman–Crippen MR) is 111 cm³/mol. The maximum atomic E-state index is 6.21. The van der Waals surface area contributed by atoms with E-state index in [9.17, 15) is 0 Å². The maximum absolute atomic E-state index is 6.21. The van der Waals surface area contributed by atoms with Crippen LogP contribution in [0.1, 0.15) is 44.5 Å². The van der Waals surface area contributed by atoms with Crippen molar-refractivity contribution in [1.82, 2.24) is 20.2 Å². The molecule has 0 radical (unpaired) electrons. The quantitative estimate of drug-likeness (QED) is 0.442. The molecular weight excluding hydrogens is 370 g/mol. The third kappa shape index (κ3) is 4.25. The minimum Gasteiger partial charge on any atom is -0.446 e. The number of hydrogen-bond acceptors (Lipinski definition) is 7. The van der Waals surface area contributed by atoms with Crippen molar-refractivity contribution in [2.24, 2.45) is 0 Å². The Kier molecular flexibility index (Phi) is 6.01. The molecule has 1 aliphatic heterocycles. The summed E-state index contributed by atoms with van der Waals surface area (Å²) < 4.78 is 6.21. The number of hydrogen-bond donors (Lipinski definition) is 1. The summed E-state index contributed by atoms with van der Waals surface area (Å²) in [6, 6.07) is 13.7. The van der Waals surface area contributed by atoms with E-state index in [4.69, 9.17) is 4.74 Å². The van der Waals surface area contributed by atoms with E-state index in [2.05, 4.69) is 32.4 Å². The highest BCUT2D eigenvalue weighted by molar-refractivity contribution is 7.99. The molecule has 7 heteroatoms. The van der Waals surface area contributed by atoms with Crippen LogP contribution in [0, 0.1) is 0 Å². The first-order chi connectivity index (χ1) is 13.8. The third-order valence-electron chi connectivity index (χ3n) is 4.52. The van der Waals surface area contributed by atoms with Crippen LogP contribution in [-0.2, 0) is 0 Å². The molecule has 0 saturated heterocycles. The molecule has 1 N–H and O–H groups in total. The molecule has 2 aromatic heterocycles. The number of unbranched alkanes of at least 4 members (excludes halogenated alkanes) is 3. The summed E-state index contributed by atoms with van der Waals surface area (Å²) in [5, 5.41) is 12.8. The van der Waals surface area contributed by atoms with Crippen molar-refractivity contribution in [1.29, 1.82) is 0 Å². The second-order valence-corrected chi connectivity index (χ2v) is 7.66. The van der Waals surface area contributed by atoms with Gasteiger partial charge in [0, 0.05) is 23.2 Å². The summed E-state index contributed by atoms with van der Waals surface area (Å²) in [6.07, 6.45) is 6.20. The van der Waals surface area contributed by atoms with Crippen molar-refractivity contribution < 1.29 is 4.74 Å². The number of nitrogens with zero attached hydrogens (tertiary/aromatic N) is 4. The van der Waals surface area contributed by atoms with Gasteiger partial charge in [-0.05, 0) is 24.6 Å². The van der Waals surface area contributed by atoms with E-state index in [0.29, 0.717) is 16.7 Å². The number of benzene rings is 1. The lowest BCUT2D eigenvalue weighted by atomic mass is 10.1. The number of pyridine rings is 1. The molecule has 1 atom stereocenters. The Morgan fingerprint density at radius 2 is 1.93 bits per heavy atom. The molecule has 3 heterocycles. The van der Waals surface area contributed by atoms with Crippen LogP contribution in [0.3, 0.4) is 0 Å². The molecular formula is C21H23N5OS. The molecule has 0 saturated carbocycles. The molecule has 0 aliphatic carbocycles. The lowest BCUT2D eigenvalue weighted by Crippen LogP contribution is -2.18. The van der Waals surface area contributed by atoms with Gasteiger partial charge in [0.25, 0.3) is 0 Å². The summed E-state index contributed by atoms with van der Waals surface area (Å²) >= 11 is 1.63. The van der Waals surface area contributed by atoms with Gasteiger partial charge in [-0.1, -0.05) is 62.2 Å². The molecule has 0 unspecified atom stereocenters. The van der Waals surface area contributed by atoms with E-state index in [1.807, 2.05) is 42.5 Å². The van der Waals surface area contributed by atoms with E-state index in [1.54, 1.807) is 18.0 Å². The van der Waals surface area contributed by atoms with Crippen LogP contribution < -0.4 is 10.1 Å². The minimum atomic E-state index is -0.442. The molecule has 28 heavy (non-hydrogen) atoms. The summed E-state index contributed by atoms with van der Waals surface area (Å²) in [6.45, 7) is 2.22. The number of aromatic nitrogens is 4. The van der Waals surface area contributed by atoms with Gasteiger partial charge in [0.2, 0.25) is 17.3 Å².